The third-order valence-electron chi connectivity index (χ3n) is 6.98. The standard InChI is InChI=1S/C24H30ClN5O3Si/c1-24(2,34(3,4)33)8-6-10-30-20-7-5-9-26-16(20)13-18(23(30)32)29-22(31)17-11-15-12-21(25)27-14-19(15)28-17/h5,7,9,11-12,14,18,28,33H,6,8,10,13H2,1-4H3,(H,29,31). The van der Waals surface area contributed by atoms with Crippen molar-refractivity contribution in [3.63, 3.8) is 0 Å². The summed E-state index contributed by atoms with van der Waals surface area (Å²) in [6, 6.07) is 6.35. The summed E-state index contributed by atoms with van der Waals surface area (Å²) >= 11 is 5.95. The Labute approximate surface area is 204 Å². The highest BCUT2D eigenvalue weighted by molar-refractivity contribution is 6.72. The second-order valence-corrected chi connectivity index (χ2v) is 14.9. The Morgan fingerprint density at radius 1 is 1.35 bits per heavy atom. The molecule has 0 radical (unpaired) electrons. The molecule has 0 aliphatic carbocycles. The van der Waals surface area contributed by atoms with Crippen LogP contribution >= 0.6 is 11.6 Å². The van der Waals surface area contributed by atoms with Crippen molar-refractivity contribution in [1.29, 1.82) is 0 Å². The monoisotopic (exact) mass is 499 g/mol. The molecule has 4 heterocycles. The van der Waals surface area contributed by atoms with Crippen molar-refractivity contribution in [2.45, 2.75) is 57.3 Å². The van der Waals surface area contributed by atoms with Crippen LogP contribution in [-0.4, -0.2) is 52.5 Å². The van der Waals surface area contributed by atoms with E-state index in [9.17, 15) is 14.4 Å². The summed E-state index contributed by atoms with van der Waals surface area (Å²) in [7, 11) is -2.34. The number of hydrogen-bond donors (Lipinski definition) is 3. The number of hydrogen-bond acceptors (Lipinski definition) is 5. The van der Waals surface area contributed by atoms with Gasteiger partial charge in [0.05, 0.1) is 23.1 Å². The Bertz CT molecular complexity index is 1240. The second-order valence-electron chi connectivity index (χ2n) is 10.0. The summed E-state index contributed by atoms with van der Waals surface area (Å²) < 4.78 is 0. The van der Waals surface area contributed by atoms with Crippen molar-refractivity contribution in [2.75, 3.05) is 11.4 Å². The Hall–Kier alpha value is -2.75. The molecule has 8 nitrogen and oxygen atoms in total. The minimum atomic E-state index is -2.34. The van der Waals surface area contributed by atoms with Crippen LogP contribution in [0.15, 0.2) is 36.7 Å². The summed E-state index contributed by atoms with van der Waals surface area (Å²) in [6.07, 6.45) is 5.13. The summed E-state index contributed by atoms with van der Waals surface area (Å²) in [5.74, 6) is -0.535. The number of amides is 2. The number of nitrogens with zero attached hydrogens (tertiary/aromatic N) is 3. The Morgan fingerprint density at radius 2 is 2.12 bits per heavy atom. The SMILES string of the molecule is CC(C)(CCCN1C(=O)C(NC(=O)c2cc3cc(Cl)ncc3[nH]2)Cc2ncccc21)[Si](C)(C)O. The molecule has 1 aliphatic heterocycles. The van der Waals surface area contributed by atoms with Gasteiger partial charge in [0.25, 0.3) is 5.91 Å². The lowest BCUT2D eigenvalue weighted by Crippen LogP contribution is -2.53. The van der Waals surface area contributed by atoms with Gasteiger partial charge in [-0.25, -0.2) is 4.98 Å². The number of nitrogens with one attached hydrogen (secondary N) is 2. The van der Waals surface area contributed by atoms with Gasteiger partial charge in [-0.2, -0.15) is 0 Å². The van der Waals surface area contributed by atoms with Crippen molar-refractivity contribution in [2.24, 2.45) is 0 Å². The maximum atomic E-state index is 13.4. The Morgan fingerprint density at radius 3 is 2.85 bits per heavy atom. The third kappa shape index (κ3) is 4.87. The number of H-pyrrole nitrogens is 1. The first-order valence-electron chi connectivity index (χ1n) is 11.4. The molecule has 0 bridgehead atoms. The van der Waals surface area contributed by atoms with Gasteiger partial charge in [-0.1, -0.05) is 25.4 Å². The highest BCUT2D eigenvalue weighted by Gasteiger charge is 2.39. The van der Waals surface area contributed by atoms with Crippen LogP contribution in [0, 0.1) is 0 Å². The minimum absolute atomic E-state index is 0.159. The molecule has 0 saturated heterocycles. The second kappa shape index (κ2) is 9.13. The van der Waals surface area contributed by atoms with Crippen LogP contribution in [-0.2, 0) is 11.2 Å². The highest BCUT2D eigenvalue weighted by atomic mass is 35.5. The number of rotatable bonds is 7. The molecular weight excluding hydrogens is 470 g/mol. The molecule has 34 heavy (non-hydrogen) atoms. The molecule has 1 aliphatic rings. The normalized spacial score (nSPS) is 16.6. The lowest BCUT2D eigenvalue weighted by Gasteiger charge is -2.37. The molecule has 2 amide bonds. The van der Waals surface area contributed by atoms with E-state index in [0.29, 0.717) is 29.3 Å². The maximum absolute atomic E-state index is 13.4. The average Bonchev–Trinajstić information content (AvgIpc) is 3.18. The fraction of sp³-hybridized carbons (Fsp3) is 0.417. The number of aromatic nitrogens is 3. The smallest absolute Gasteiger partial charge is 0.268 e. The minimum Gasteiger partial charge on any atom is -0.432 e. The number of pyridine rings is 2. The van der Waals surface area contributed by atoms with Crippen LogP contribution in [0.4, 0.5) is 5.69 Å². The molecule has 10 heteroatoms. The summed E-state index contributed by atoms with van der Waals surface area (Å²) in [5.41, 5.74) is 2.58. The topological polar surface area (TPSA) is 111 Å². The average molecular weight is 500 g/mol. The highest BCUT2D eigenvalue weighted by Crippen LogP contribution is 2.40. The first-order valence-corrected chi connectivity index (χ1v) is 14.7. The van der Waals surface area contributed by atoms with E-state index in [1.54, 1.807) is 29.4 Å². The molecule has 180 valence electrons. The quantitative estimate of drug-likeness (QED) is 0.335. The summed E-state index contributed by atoms with van der Waals surface area (Å²) in [5, 5.41) is 3.81. The zero-order chi connectivity index (χ0) is 24.7. The van der Waals surface area contributed by atoms with Gasteiger partial charge >= 0.3 is 0 Å². The van der Waals surface area contributed by atoms with E-state index in [-0.39, 0.29) is 16.9 Å². The molecule has 0 aromatic carbocycles. The van der Waals surface area contributed by atoms with Crippen LogP contribution in [0.3, 0.4) is 0 Å². The van der Waals surface area contributed by atoms with Crippen LogP contribution in [0.2, 0.25) is 23.3 Å². The molecule has 3 aromatic heterocycles. The maximum Gasteiger partial charge on any atom is 0.268 e. The largest absolute Gasteiger partial charge is 0.432 e. The first-order chi connectivity index (χ1) is 16.0. The van der Waals surface area contributed by atoms with Crippen LogP contribution < -0.4 is 10.2 Å². The molecule has 1 atom stereocenters. The van der Waals surface area contributed by atoms with E-state index in [1.807, 2.05) is 25.2 Å². The lowest BCUT2D eigenvalue weighted by atomic mass is 10.00. The van der Waals surface area contributed by atoms with E-state index < -0.39 is 14.4 Å². The molecule has 0 saturated carbocycles. The number of fused-ring (bicyclic) bond motifs is 2. The number of carbonyl (C=O) groups is 2. The summed E-state index contributed by atoms with van der Waals surface area (Å²) in [4.78, 5) is 50.2. The van der Waals surface area contributed by atoms with Gasteiger partial charge in [-0.05, 0) is 55.2 Å². The Kier molecular flexibility index (Phi) is 6.54. The van der Waals surface area contributed by atoms with E-state index >= 15 is 0 Å². The van der Waals surface area contributed by atoms with E-state index in [4.69, 9.17) is 11.6 Å². The van der Waals surface area contributed by atoms with E-state index in [2.05, 4.69) is 34.1 Å². The van der Waals surface area contributed by atoms with E-state index in [1.165, 1.54) is 0 Å². The van der Waals surface area contributed by atoms with Gasteiger partial charge in [0.1, 0.15) is 16.9 Å². The van der Waals surface area contributed by atoms with Crippen LogP contribution in [0.1, 0.15) is 42.9 Å². The molecule has 4 rings (SSSR count). The van der Waals surface area contributed by atoms with Crippen LogP contribution in [0.5, 0.6) is 0 Å². The van der Waals surface area contributed by atoms with Crippen LogP contribution in [0.25, 0.3) is 10.9 Å². The Balaban J connectivity index is 1.51. The predicted molar refractivity (Wildman–Crippen MR) is 136 cm³/mol. The molecule has 0 fully saturated rings. The molecule has 3 aromatic rings. The zero-order valence-electron chi connectivity index (χ0n) is 19.9. The van der Waals surface area contributed by atoms with Crippen molar-refractivity contribution in [1.82, 2.24) is 20.3 Å². The number of anilines is 1. The molecule has 0 spiro atoms. The van der Waals surface area contributed by atoms with Crippen molar-refractivity contribution < 1.29 is 14.4 Å². The van der Waals surface area contributed by atoms with Gasteiger partial charge in [-0.3, -0.25) is 14.6 Å². The van der Waals surface area contributed by atoms with Gasteiger partial charge in [-0.15, -0.1) is 0 Å². The fourth-order valence-electron chi connectivity index (χ4n) is 4.11. The fourth-order valence-corrected chi connectivity index (χ4v) is 5.07. The first kappa shape index (κ1) is 24.4. The lowest BCUT2D eigenvalue weighted by molar-refractivity contribution is -0.120. The summed E-state index contributed by atoms with van der Waals surface area (Å²) in [6.45, 7) is 8.54. The van der Waals surface area contributed by atoms with E-state index in [0.717, 1.165) is 29.6 Å². The number of halogens is 1. The van der Waals surface area contributed by atoms with Gasteiger partial charge in [0.15, 0.2) is 8.32 Å². The van der Waals surface area contributed by atoms with Crippen molar-refractivity contribution in [3.8, 4) is 0 Å². The number of carbonyl (C=O) groups excluding carboxylic acids is 2. The van der Waals surface area contributed by atoms with Gasteiger partial charge in [0.2, 0.25) is 5.91 Å². The molecule has 1 unspecified atom stereocenters. The van der Waals surface area contributed by atoms with Crippen molar-refractivity contribution in [3.05, 3.63) is 53.2 Å². The third-order valence-corrected chi connectivity index (χ3v) is 10.7. The van der Waals surface area contributed by atoms with Gasteiger partial charge < -0.3 is 20.0 Å². The number of aromatic amines is 1. The molecular formula is C24H30ClN5O3Si. The predicted octanol–water partition coefficient (Wildman–Crippen LogP) is 4.06. The molecule has 3 N–H and O–H groups in total. The van der Waals surface area contributed by atoms with Crippen molar-refractivity contribution >= 4 is 48.3 Å². The van der Waals surface area contributed by atoms with Gasteiger partial charge in [0, 0.05) is 24.5 Å². The zero-order valence-corrected chi connectivity index (χ0v) is 21.6.